The summed E-state index contributed by atoms with van der Waals surface area (Å²) in [5.74, 6) is -0.560. The summed E-state index contributed by atoms with van der Waals surface area (Å²) < 4.78 is 30.5. The van der Waals surface area contributed by atoms with E-state index in [4.69, 9.17) is 11.6 Å². The maximum Gasteiger partial charge on any atom is 0.251 e. The van der Waals surface area contributed by atoms with Gasteiger partial charge in [0.25, 0.3) is 5.91 Å². The standard InChI is InChI=1S/C30H30ClN5O4S/c31-25-11-15-27(16-12-25)41(39,40)36(28-4-1-2-17-32-30(28)38)21-23-5-9-24(10-6-23)29(37)33-20-22-7-13-26(14-8-22)35-19-3-18-34-35/h3,5-16,18-19,28H,1-2,4,17,20-21H2,(H,32,38)(H,33,37)/t28-/m1/s1. The summed E-state index contributed by atoms with van der Waals surface area (Å²) in [7, 11) is -4.02. The van der Waals surface area contributed by atoms with Crippen molar-refractivity contribution in [1.29, 1.82) is 0 Å². The van der Waals surface area contributed by atoms with Crippen LogP contribution in [-0.2, 0) is 27.9 Å². The van der Waals surface area contributed by atoms with Crippen molar-refractivity contribution in [3.63, 3.8) is 0 Å². The average molecular weight is 592 g/mol. The lowest BCUT2D eigenvalue weighted by Gasteiger charge is -2.29. The number of nitrogens with zero attached hydrogens (tertiary/aromatic N) is 3. The maximum absolute atomic E-state index is 13.7. The molecule has 0 unspecified atom stereocenters. The molecule has 1 aliphatic heterocycles. The van der Waals surface area contributed by atoms with E-state index in [9.17, 15) is 18.0 Å². The zero-order chi connectivity index (χ0) is 28.8. The first-order valence-corrected chi connectivity index (χ1v) is 15.1. The molecule has 2 heterocycles. The Labute approximate surface area is 244 Å². The number of aromatic nitrogens is 2. The van der Waals surface area contributed by atoms with Crippen LogP contribution in [0.1, 0.15) is 40.7 Å². The average Bonchev–Trinajstić information content (AvgIpc) is 3.44. The van der Waals surface area contributed by atoms with Gasteiger partial charge >= 0.3 is 0 Å². The molecule has 212 valence electrons. The second-order valence-electron chi connectivity index (χ2n) is 9.80. The molecule has 0 saturated carbocycles. The van der Waals surface area contributed by atoms with E-state index in [2.05, 4.69) is 15.7 Å². The van der Waals surface area contributed by atoms with Crippen LogP contribution < -0.4 is 10.6 Å². The Balaban J connectivity index is 1.29. The number of nitrogens with one attached hydrogen (secondary N) is 2. The molecule has 0 spiro atoms. The number of sulfonamides is 1. The zero-order valence-corrected chi connectivity index (χ0v) is 23.8. The van der Waals surface area contributed by atoms with Gasteiger partial charge in [0.05, 0.1) is 10.6 Å². The van der Waals surface area contributed by atoms with Gasteiger partial charge in [-0.15, -0.1) is 0 Å². The smallest absolute Gasteiger partial charge is 0.251 e. The fourth-order valence-corrected chi connectivity index (χ4v) is 6.45. The van der Waals surface area contributed by atoms with Crippen LogP contribution >= 0.6 is 11.6 Å². The van der Waals surface area contributed by atoms with Crippen molar-refractivity contribution in [3.05, 3.63) is 113 Å². The molecule has 3 aromatic carbocycles. The highest BCUT2D eigenvalue weighted by Crippen LogP contribution is 2.26. The van der Waals surface area contributed by atoms with Crippen molar-refractivity contribution in [2.45, 2.75) is 43.3 Å². The van der Waals surface area contributed by atoms with Crippen molar-refractivity contribution >= 4 is 33.4 Å². The van der Waals surface area contributed by atoms with Crippen molar-refractivity contribution in [2.75, 3.05) is 6.54 Å². The van der Waals surface area contributed by atoms with Crippen LogP contribution in [0, 0.1) is 0 Å². The van der Waals surface area contributed by atoms with Crippen LogP contribution in [0.3, 0.4) is 0 Å². The predicted octanol–water partition coefficient (Wildman–Crippen LogP) is 4.32. The fourth-order valence-electron chi connectivity index (χ4n) is 4.72. The third kappa shape index (κ3) is 6.84. The van der Waals surface area contributed by atoms with Gasteiger partial charge in [-0.2, -0.15) is 9.40 Å². The highest BCUT2D eigenvalue weighted by molar-refractivity contribution is 7.89. The van der Waals surface area contributed by atoms with Crippen molar-refractivity contribution in [1.82, 2.24) is 24.7 Å². The summed E-state index contributed by atoms with van der Waals surface area (Å²) in [5, 5.41) is 10.4. The Morgan fingerprint density at radius 3 is 2.39 bits per heavy atom. The van der Waals surface area contributed by atoms with Gasteiger partial charge in [0, 0.05) is 42.6 Å². The van der Waals surface area contributed by atoms with Crippen LogP contribution in [0.15, 0.2) is 96.2 Å². The number of carbonyl (C=O) groups excluding carboxylic acids is 2. The van der Waals surface area contributed by atoms with E-state index in [0.717, 1.165) is 24.1 Å². The molecule has 4 aromatic rings. The molecule has 2 amide bonds. The minimum atomic E-state index is -4.02. The lowest BCUT2D eigenvalue weighted by molar-refractivity contribution is -0.124. The molecule has 1 aliphatic rings. The maximum atomic E-state index is 13.7. The van der Waals surface area contributed by atoms with Gasteiger partial charge in [-0.05, 0) is 85.0 Å². The summed E-state index contributed by atoms with van der Waals surface area (Å²) >= 11 is 5.98. The number of hydrogen-bond acceptors (Lipinski definition) is 5. The summed E-state index contributed by atoms with van der Waals surface area (Å²) in [4.78, 5) is 25.8. The molecular formula is C30H30ClN5O4S. The molecule has 1 atom stereocenters. The Bertz CT molecular complexity index is 1590. The van der Waals surface area contributed by atoms with E-state index in [1.54, 1.807) is 35.1 Å². The molecule has 41 heavy (non-hydrogen) atoms. The molecule has 0 aliphatic carbocycles. The van der Waals surface area contributed by atoms with Gasteiger partial charge in [0.2, 0.25) is 15.9 Å². The Kier molecular flexibility index (Phi) is 8.82. The zero-order valence-electron chi connectivity index (χ0n) is 22.2. The largest absolute Gasteiger partial charge is 0.355 e. The Morgan fingerprint density at radius 1 is 1.00 bits per heavy atom. The minimum Gasteiger partial charge on any atom is -0.355 e. The van der Waals surface area contributed by atoms with E-state index in [-0.39, 0.29) is 23.3 Å². The second-order valence-corrected chi connectivity index (χ2v) is 12.1. The number of halogens is 1. The first-order chi connectivity index (χ1) is 19.8. The molecular weight excluding hydrogens is 562 g/mol. The fraction of sp³-hybridized carbons (Fsp3) is 0.233. The predicted molar refractivity (Wildman–Crippen MR) is 156 cm³/mol. The third-order valence-electron chi connectivity index (χ3n) is 6.99. The van der Waals surface area contributed by atoms with Gasteiger partial charge < -0.3 is 10.6 Å². The molecule has 9 nitrogen and oxygen atoms in total. The number of benzene rings is 3. The molecule has 0 bridgehead atoms. The normalized spacial score (nSPS) is 15.8. The van der Waals surface area contributed by atoms with E-state index in [1.165, 1.54) is 28.6 Å². The molecule has 0 radical (unpaired) electrons. The summed E-state index contributed by atoms with van der Waals surface area (Å²) in [5.41, 5.74) is 2.97. The second kappa shape index (κ2) is 12.7. The molecule has 1 fully saturated rings. The molecule has 5 rings (SSSR count). The summed E-state index contributed by atoms with van der Waals surface area (Å²) in [6.45, 7) is 0.847. The van der Waals surface area contributed by atoms with Crippen molar-refractivity contribution in [2.24, 2.45) is 0 Å². The SMILES string of the molecule is O=C(NCc1ccc(-n2cccn2)cc1)c1ccc(CN([C@@H]2CCCCNC2=O)S(=O)(=O)c2ccc(Cl)cc2)cc1. The van der Waals surface area contributed by atoms with E-state index < -0.39 is 16.1 Å². The van der Waals surface area contributed by atoms with Gasteiger partial charge in [0.1, 0.15) is 6.04 Å². The molecule has 2 N–H and O–H groups in total. The van der Waals surface area contributed by atoms with Gasteiger partial charge in [-0.25, -0.2) is 13.1 Å². The number of carbonyl (C=O) groups is 2. The van der Waals surface area contributed by atoms with Crippen LogP contribution in [0.5, 0.6) is 0 Å². The Hall–Kier alpha value is -3.99. The van der Waals surface area contributed by atoms with Crippen LogP contribution in [-0.4, -0.2) is 46.9 Å². The number of rotatable bonds is 9. The van der Waals surface area contributed by atoms with E-state index in [0.29, 0.717) is 35.7 Å². The quantitative estimate of drug-likeness (QED) is 0.301. The van der Waals surface area contributed by atoms with Gasteiger partial charge in [-0.1, -0.05) is 35.9 Å². The lowest BCUT2D eigenvalue weighted by Crippen LogP contribution is -2.48. The lowest BCUT2D eigenvalue weighted by atomic mass is 10.1. The highest BCUT2D eigenvalue weighted by Gasteiger charge is 2.36. The van der Waals surface area contributed by atoms with Crippen molar-refractivity contribution in [3.8, 4) is 5.69 Å². The Morgan fingerprint density at radius 2 is 1.71 bits per heavy atom. The summed E-state index contributed by atoms with van der Waals surface area (Å²) in [6, 6.07) is 21.4. The van der Waals surface area contributed by atoms with Crippen LogP contribution in [0.25, 0.3) is 5.69 Å². The van der Waals surface area contributed by atoms with Gasteiger partial charge in [-0.3, -0.25) is 9.59 Å². The topological polar surface area (TPSA) is 113 Å². The third-order valence-corrected chi connectivity index (χ3v) is 9.11. The van der Waals surface area contributed by atoms with Crippen LogP contribution in [0.4, 0.5) is 0 Å². The number of hydrogen-bond donors (Lipinski definition) is 2. The molecule has 1 saturated heterocycles. The van der Waals surface area contributed by atoms with Crippen molar-refractivity contribution < 1.29 is 18.0 Å². The van der Waals surface area contributed by atoms with Crippen LogP contribution in [0.2, 0.25) is 5.02 Å². The van der Waals surface area contributed by atoms with E-state index in [1.807, 2.05) is 36.5 Å². The molecule has 1 aromatic heterocycles. The highest BCUT2D eigenvalue weighted by atomic mass is 35.5. The molecule has 11 heteroatoms. The first kappa shape index (κ1) is 28.5. The van der Waals surface area contributed by atoms with E-state index >= 15 is 0 Å². The first-order valence-electron chi connectivity index (χ1n) is 13.3. The number of amides is 2. The monoisotopic (exact) mass is 591 g/mol. The minimum absolute atomic E-state index is 0.0203. The van der Waals surface area contributed by atoms with Gasteiger partial charge in [0.15, 0.2) is 0 Å². The summed E-state index contributed by atoms with van der Waals surface area (Å²) in [6.07, 6.45) is 5.50.